The molecule has 1 fully saturated rings. The summed E-state index contributed by atoms with van der Waals surface area (Å²) < 4.78 is 6.23. The minimum atomic E-state index is 0.172. The zero-order chi connectivity index (χ0) is 18.6. The molecule has 1 saturated heterocycles. The lowest BCUT2D eigenvalue weighted by Crippen LogP contribution is -2.32. The lowest BCUT2D eigenvalue weighted by Gasteiger charge is -2.25. The lowest BCUT2D eigenvalue weighted by atomic mass is 10.0. The third-order valence-corrected chi connectivity index (χ3v) is 7.18. The van der Waals surface area contributed by atoms with Gasteiger partial charge in [-0.1, -0.05) is 53.9 Å². The number of ether oxygens (including phenoxy) is 1. The fourth-order valence-corrected chi connectivity index (χ4v) is 5.48. The molecule has 0 bridgehead atoms. The molecule has 2 heterocycles. The van der Waals surface area contributed by atoms with Crippen LogP contribution in [0.15, 0.2) is 53.5 Å². The minimum absolute atomic E-state index is 0.172. The molecule has 2 aliphatic rings. The van der Waals surface area contributed by atoms with E-state index in [1.54, 1.807) is 30.6 Å². The number of aliphatic imine (C=N–C) groups is 1. The van der Waals surface area contributed by atoms with Crippen molar-refractivity contribution in [3.63, 3.8) is 0 Å². The predicted octanol–water partition coefficient (Wildman–Crippen LogP) is 5.03. The number of carbonyl (C=O) groups excluding carboxylic acids is 1. The van der Waals surface area contributed by atoms with E-state index < -0.39 is 0 Å². The Morgan fingerprint density at radius 2 is 2.07 bits per heavy atom. The van der Waals surface area contributed by atoms with Gasteiger partial charge in [0.15, 0.2) is 0 Å². The van der Waals surface area contributed by atoms with Gasteiger partial charge in [0.05, 0.1) is 24.6 Å². The molecule has 1 atom stereocenters. The first-order chi connectivity index (χ1) is 13.2. The van der Waals surface area contributed by atoms with Crippen LogP contribution in [-0.2, 0) is 10.5 Å². The van der Waals surface area contributed by atoms with Crippen molar-refractivity contribution < 1.29 is 9.53 Å². The number of carbonyl (C=O) groups is 1. The van der Waals surface area contributed by atoms with Gasteiger partial charge in [0.1, 0.15) is 10.1 Å². The molecule has 0 spiro atoms. The highest BCUT2D eigenvalue weighted by atomic mass is 32.2. The van der Waals surface area contributed by atoms with Crippen LogP contribution in [0.1, 0.15) is 30.0 Å². The molecule has 0 radical (unpaired) electrons. The molecule has 4 rings (SSSR count). The maximum absolute atomic E-state index is 12.9. The van der Waals surface area contributed by atoms with Gasteiger partial charge in [0.2, 0.25) is 5.91 Å². The van der Waals surface area contributed by atoms with E-state index in [1.807, 2.05) is 35.2 Å². The third-order valence-electron chi connectivity index (χ3n) is 4.95. The van der Waals surface area contributed by atoms with Crippen molar-refractivity contribution in [3.05, 3.63) is 59.7 Å². The summed E-state index contributed by atoms with van der Waals surface area (Å²) >= 11 is 3.28. The summed E-state index contributed by atoms with van der Waals surface area (Å²) in [4.78, 5) is 19.6. The average molecular weight is 399 g/mol. The maximum atomic E-state index is 12.9. The highest BCUT2D eigenvalue weighted by Gasteiger charge is 2.30. The van der Waals surface area contributed by atoms with E-state index in [2.05, 4.69) is 18.2 Å². The van der Waals surface area contributed by atoms with Crippen molar-refractivity contribution in [1.29, 1.82) is 0 Å². The Morgan fingerprint density at radius 3 is 2.89 bits per heavy atom. The Balaban J connectivity index is 1.39. The van der Waals surface area contributed by atoms with Crippen molar-refractivity contribution in [2.45, 2.75) is 24.6 Å². The number of benzene rings is 2. The van der Waals surface area contributed by atoms with E-state index in [0.29, 0.717) is 5.75 Å². The summed E-state index contributed by atoms with van der Waals surface area (Å²) in [6.07, 6.45) is 2.07. The van der Waals surface area contributed by atoms with Crippen LogP contribution >= 0.6 is 23.5 Å². The first kappa shape index (κ1) is 18.4. The molecule has 0 aromatic heterocycles. The summed E-state index contributed by atoms with van der Waals surface area (Å²) in [5.41, 5.74) is 3.48. The van der Waals surface area contributed by atoms with Gasteiger partial charge in [-0.2, -0.15) is 0 Å². The Labute approximate surface area is 168 Å². The largest absolute Gasteiger partial charge is 0.497 e. The quantitative estimate of drug-likeness (QED) is 0.725. The first-order valence-electron chi connectivity index (χ1n) is 9.10. The van der Waals surface area contributed by atoms with Crippen LogP contribution in [0.2, 0.25) is 0 Å². The fraction of sp³-hybridized carbons (Fsp3) is 0.333. The second-order valence-corrected chi connectivity index (χ2v) is 8.79. The van der Waals surface area contributed by atoms with E-state index >= 15 is 0 Å². The molecular weight excluding hydrogens is 376 g/mol. The summed E-state index contributed by atoms with van der Waals surface area (Å²) in [5, 5.41) is 0. The topological polar surface area (TPSA) is 41.9 Å². The van der Waals surface area contributed by atoms with Crippen LogP contribution in [-0.4, -0.2) is 34.6 Å². The molecule has 2 aliphatic heterocycles. The highest BCUT2D eigenvalue weighted by molar-refractivity contribution is 8.38. The number of likely N-dealkylation sites (tertiary alicyclic amines) is 1. The molecule has 1 amide bonds. The number of fused-ring (bicyclic) bond motifs is 1. The van der Waals surface area contributed by atoms with Gasteiger partial charge >= 0.3 is 0 Å². The monoisotopic (exact) mass is 398 g/mol. The predicted molar refractivity (Wildman–Crippen MR) is 114 cm³/mol. The summed E-state index contributed by atoms with van der Waals surface area (Å²) in [6, 6.07) is 16.5. The van der Waals surface area contributed by atoms with Gasteiger partial charge < -0.3 is 9.64 Å². The molecule has 140 valence electrons. The molecule has 6 heteroatoms. The van der Waals surface area contributed by atoms with Crippen LogP contribution in [0.4, 0.5) is 5.69 Å². The van der Waals surface area contributed by atoms with Gasteiger partial charge in [0.25, 0.3) is 0 Å². The summed E-state index contributed by atoms with van der Waals surface area (Å²) in [7, 11) is 1.67. The van der Waals surface area contributed by atoms with Gasteiger partial charge in [-0.3, -0.25) is 4.79 Å². The SMILES string of the molecule is COc1ccc([C@@H]2CCCN2C(=O)CSC2=Nc3ccccc3CS2)cc1. The number of thioether (sulfide) groups is 2. The number of amides is 1. The first-order valence-corrected chi connectivity index (χ1v) is 11.1. The molecule has 0 aliphatic carbocycles. The zero-order valence-corrected chi connectivity index (χ0v) is 16.9. The lowest BCUT2D eigenvalue weighted by molar-refractivity contribution is -0.129. The smallest absolute Gasteiger partial charge is 0.233 e. The standard InChI is InChI=1S/C21H22N2O2S2/c1-25-17-10-8-15(9-11-17)19-7-4-12-23(19)20(24)14-27-21-22-18-6-3-2-5-16(18)13-26-21/h2-3,5-6,8-11,19H,4,7,12-14H2,1H3/t19-/m0/s1. The van der Waals surface area contributed by atoms with Crippen molar-refractivity contribution in [2.75, 3.05) is 19.4 Å². The molecule has 0 unspecified atom stereocenters. The minimum Gasteiger partial charge on any atom is -0.497 e. The van der Waals surface area contributed by atoms with Crippen LogP contribution in [0, 0.1) is 0 Å². The van der Waals surface area contributed by atoms with E-state index in [0.717, 1.165) is 41.0 Å². The van der Waals surface area contributed by atoms with E-state index in [9.17, 15) is 4.79 Å². The number of methoxy groups -OCH3 is 1. The fourth-order valence-electron chi connectivity index (χ4n) is 3.53. The van der Waals surface area contributed by atoms with Crippen LogP contribution in [0.5, 0.6) is 5.75 Å². The normalized spacial score (nSPS) is 18.8. The van der Waals surface area contributed by atoms with E-state index in [-0.39, 0.29) is 11.9 Å². The molecule has 27 heavy (non-hydrogen) atoms. The van der Waals surface area contributed by atoms with Gasteiger partial charge in [-0.25, -0.2) is 4.99 Å². The van der Waals surface area contributed by atoms with Crippen molar-refractivity contribution >= 4 is 39.5 Å². The Kier molecular flexibility index (Phi) is 5.74. The summed E-state index contributed by atoms with van der Waals surface area (Å²) in [5.74, 6) is 2.41. The Bertz CT molecular complexity index is 852. The highest BCUT2D eigenvalue weighted by Crippen LogP contribution is 2.36. The molecule has 0 N–H and O–H groups in total. The zero-order valence-electron chi connectivity index (χ0n) is 15.3. The van der Waals surface area contributed by atoms with Crippen LogP contribution < -0.4 is 4.74 Å². The second-order valence-electron chi connectivity index (χ2n) is 6.60. The van der Waals surface area contributed by atoms with Crippen molar-refractivity contribution in [3.8, 4) is 5.75 Å². The van der Waals surface area contributed by atoms with Gasteiger partial charge in [-0.15, -0.1) is 0 Å². The molecule has 4 nitrogen and oxygen atoms in total. The molecule has 2 aromatic carbocycles. The second kappa shape index (κ2) is 8.40. The number of hydrogen-bond acceptors (Lipinski definition) is 5. The number of hydrogen-bond donors (Lipinski definition) is 0. The number of nitrogens with zero attached hydrogens (tertiary/aromatic N) is 2. The number of para-hydroxylation sites is 1. The third kappa shape index (κ3) is 4.17. The average Bonchev–Trinajstić information content (AvgIpc) is 3.22. The molecule has 2 aromatic rings. The van der Waals surface area contributed by atoms with Crippen molar-refractivity contribution in [1.82, 2.24) is 4.90 Å². The van der Waals surface area contributed by atoms with Crippen LogP contribution in [0.3, 0.4) is 0 Å². The van der Waals surface area contributed by atoms with Gasteiger partial charge in [-0.05, 0) is 42.2 Å². The van der Waals surface area contributed by atoms with Crippen LogP contribution in [0.25, 0.3) is 0 Å². The molecular formula is C21H22N2O2S2. The van der Waals surface area contributed by atoms with Gasteiger partial charge in [0, 0.05) is 12.3 Å². The maximum Gasteiger partial charge on any atom is 0.233 e. The molecule has 0 saturated carbocycles. The Morgan fingerprint density at radius 1 is 1.26 bits per heavy atom. The Hall–Kier alpha value is -1.92. The summed E-state index contributed by atoms with van der Waals surface area (Å²) in [6.45, 7) is 0.832. The van der Waals surface area contributed by atoms with Crippen molar-refractivity contribution in [2.24, 2.45) is 4.99 Å². The number of rotatable bonds is 4. The van der Waals surface area contributed by atoms with E-state index in [1.165, 1.54) is 11.1 Å². The van der Waals surface area contributed by atoms with E-state index in [4.69, 9.17) is 9.73 Å².